The third kappa shape index (κ3) is 3.67. The molecule has 0 N–H and O–H groups in total. The summed E-state index contributed by atoms with van der Waals surface area (Å²) >= 11 is 0. The van der Waals surface area contributed by atoms with Crippen LogP contribution >= 0.6 is 0 Å². The molecule has 1 aliphatic rings. The van der Waals surface area contributed by atoms with Crippen LogP contribution in [-0.4, -0.2) is 43.4 Å². The molecule has 4 heterocycles. The van der Waals surface area contributed by atoms with Crippen LogP contribution in [-0.2, 0) is 0 Å². The largest absolute Gasteiger partial charge is 0.338 e. The second-order valence-electron chi connectivity index (χ2n) is 7.56. The molecule has 0 aromatic carbocycles. The third-order valence-electron chi connectivity index (χ3n) is 5.24. The second kappa shape index (κ2) is 7.92. The minimum Gasteiger partial charge on any atom is -0.338 e. The zero-order valence-electron chi connectivity index (χ0n) is 16.3. The zero-order chi connectivity index (χ0) is 19.5. The number of hydrogen-bond donors (Lipinski definition) is 0. The van der Waals surface area contributed by atoms with Crippen LogP contribution in [0.2, 0.25) is 0 Å². The van der Waals surface area contributed by atoms with E-state index in [1.807, 2.05) is 29.4 Å². The summed E-state index contributed by atoms with van der Waals surface area (Å²) in [5.74, 6) is 2.52. The molecule has 4 rings (SSSR count). The first-order valence-electron chi connectivity index (χ1n) is 9.83. The van der Waals surface area contributed by atoms with E-state index in [0.29, 0.717) is 18.0 Å². The molecule has 144 valence electrons. The van der Waals surface area contributed by atoms with E-state index in [9.17, 15) is 4.79 Å². The number of amides is 1. The fraction of sp³-hybridized carbons (Fsp3) is 0.364. The van der Waals surface area contributed by atoms with Crippen LogP contribution in [0, 0.1) is 0 Å². The first-order chi connectivity index (χ1) is 13.6. The van der Waals surface area contributed by atoms with Gasteiger partial charge in [0.2, 0.25) is 0 Å². The summed E-state index contributed by atoms with van der Waals surface area (Å²) in [5, 5.41) is 0. The average Bonchev–Trinajstić information content (AvgIpc) is 3.24. The van der Waals surface area contributed by atoms with Crippen molar-refractivity contribution in [2.45, 2.75) is 38.5 Å². The molecule has 6 nitrogen and oxygen atoms in total. The van der Waals surface area contributed by atoms with Crippen molar-refractivity contribution in [3.05, 3.63) is 72.2 Å². The van der Waals surface area contributed by atoms with Gasteiger partial charge in [-0.1, -0.05) is 19.9 Å². The summed E-state index contributed by atoms with van der Waals surface area (Å²) in [5.41, 5.74) is 1.73. The Hall–Kier alpha value is -3.02. The minimum atomic E-state index is 0.0694. The van der Waals surface area contributed by atoms with Crippen molar-refractivity contribution >= 4 is 5.91 Å². The van der Waals surface area contributed by atoms with E-state index < -0.39 is 0 Å². The predicted octanol–water partition coefficient (Wildman–Crippen LogP) is 3.81. The molecule has 0 unspecified atom stereocenters. The van der Waals surface area contributed by atoms with Crippen molar-refractivity contribution < 1.29 is 4.79 Å². The maximum atomic E-state index is 12.8. The maximum Gasteiger partial charge on any atom is 0.253 e. The van der Waals surface area contributed by atoms with Crippen LogP contribution in [0.1, 0.15) is 60.4 Å². The molecule has 0 radical (unpaired) electrons. The van der Waals surface area contributed by atoms with Gasteiger partial charge in [-0.2, -0.15) is 0 Å². The van der Waals surface area contributed by atoms with E-state index >= 15 is 0 Å². The number of nitrogens with zero attached hydrogens (tertiary/aromatic N) is 5. The average molecular weight is 375 g/mol. The topological polar surface area (TPSA) is 63.9 Å². The molecule has 1 saturated heterocycles. The van der Waals surface area contributed by atoms with Crippen LogP contribution in [0.5, 0.6) is 0 Å². The van der Waals surface area contributed by atoms with Crippen LogP contribution in [0.15, 0.2) is 55.1 Å². The monoisotopic (exact) mass is 375 g/mol. The number of rotatable bonds is 4. The number of piperidine rings is 1. The Morgan fingerprint density at radius 3 is 2.75 bits per heavy atom. The van der Waals surface area contributed by atoms with Crippen LogP contribution in [0.25, 0.3) is 5.82 Å². The number of likely N-dealkylation sites (tertiary alicyclic amines) is 1. The zero-order valence-corrected chi connectivity index (χ0v) is 16.3. The van der Waals surface area contributed by atoms with Gasteiger partial charge >= 0.3 is 0 Å². The van der Waals surface area contributed by atoms with Gasteiger partial charge in [-0.3, -0.25) is 14.3 Å². The summed E-state index contributed by atoms with van der Waals surface area (Å²) in [4.78, 5) is 28.1. The summed E-state index contributed by atoms with van der Waals surface area (Å²) in [6.07, 6.45) is 9.13. The van der Waals surface area contributed by atoms with Gasteiger partial charge in [-0.25, -0.2) is 9.97 Å². The van der Waals surface area contributed by atoms with E-state index in [1.54, 1.807) is 24.5 Å². The Bertz CT molecular complexity index is 950. The van der Waals surface area contributed by atoms with Gasteiger partial charge in [0.05, 0.1) is 0 Å². The Labute approximate surface area is 165 Å². The highest BCUT2D eigenvalue weighted by molar-refractivity contribution is 5.94. The van der Waals surface area contributed by atoms with Crippen molar-refractivity contribution in [3.8, 4) is 5.82 Å². The molecule has 1 aliphatic heterocycles. The summed E-state index contributed by atoms with van der Waals surface area (Å²) in [7, 11) is 0. The molecular formula is C22H25N5O. The maximum absolute atomic E-state index is 12.8. The minimum absolute atomic E-state index is 0.0694. The molecule has 28 heavy (non-hydrogen) atoms. The van der Waals surface area contributed by atoms with E-state index in [-0.39, 0.29) is 11.8 Å². The summed E-state index contributed by atoms with van der Waals surface area (Å²) < 4.78 is 2.05. The number of carbonyl (C=O) groups excluding carboxylic acids is 1. The lowest BCUT2D eigenvalue weighted by molar-refractivity contribution is 0.0706. The number of pyridine rings is 2. The third-order valence-corrected chi connectivity index (χ3v) is 5.24. The highest BCUT2D eigenvalue weighted by atomic mass is 16.2. The molecular weight excluding hydrogens is 350 g/mol. The lowest BCUT2D eigenvalue weighted by Gasteiger charge is -2.32. The summed E-state index contributed by atoms with van der Waals surface area (Å²) in [6.45, 7) is 5.74. The predicted molar refractivity (Wildman–Crippen MR) is 108 cm³/mol. The van der Waals surface area contributed by atoms with E-state index in [0.717, 1.165) is 36.7 Å². The lowest BCUT2D eigenvalue weighted by Crippen LogP contribution is -2.39. The van der Waals surface area contributed by atoms with Gasteiger partial charge in [0.1, 0.15) is 11.6 Å². The Morgan fingerprint density at radius 2 is 1.96 bits per heavy atom. The number of aromatic nitrogens is 4. The smallest absolute Gasteiger partial charge is 0.253 e. The molecule has 0 spiro atoms. The molecule has 1 atom stereocenters. The van der Waals surface area contributed by atoms with Crippen LogP contribution < -0.4 is 0 Å². The highest BCUT2D eigenvalue weighted by Crippen LogP contribution is 2.27. The van der Waals surface area contributed by atoms with Gasteiger partial charge in [-0.05, 0) is 37.1 Å². The van der Waals surface area contributed by atoms with Crippen molar-refractivity contribution in [2.75, 3.05) is 13.1 Å². The van der Waals surface area contributed by atoms with Gasteiger partial charge in [0.25, 0.3) is 5.91 Å². The number of imidazole rings is 1. The second-order valence-corrected chi connectivity index (χ2v) is 7.56. The molecule has 0 saturated carbocycles. The van der Waals surface area contributed by atoms with Crippen molar-refractivity contribution in [1.29, 1.82) is 0 Å². The van der Waals surface area contributed by atoms with Crippen molar-refractivity contribution in [2.24, 2.45) is 0 Å². The molecule has 3 aromatic heterocycles. The van der Waals surface area contributed by atoms with Crippen LogP contribution in [0.4, 0.5) is 0 Å². The molecule has 0 aliphatic carbocycles. The van der Waals surface area contributed by atoms with Gasteiger partial charge in [0.15, 0.2) is 0 Å². The fourth-order valence-corrected chi connectivity index (χ4v) is 3.82. The quantitative estimate of drug-likeness (QED) is 0.696. The van der Waals surface area contributed by atoms with Crippen LogP contribution in [0.3, 0.4) is 0 Å². The molecule has 6 heteroatoms. The Kier molecular flexibility index (Phi) is 5.19. The number of carbonyl (C=O) groups is 1. The molecule has 3 aromatic rings. The van der Waals surface area contributed by atoms with Gasteiger partial charge in [-0.15, -0.1) is 0 Å². The van der Waals surface area contributed by atoms with E-state index in [2.05, 4.69) is 34.4 Å². The van der Waals surface area contributed by atoms with Gasteiger partial charge in [0, 0.05) is 61.0 Å². The van der Waals surface area contributed by atoms with E-state index in [1.165, 1.54) is 0 Å². The van der Waals surface area contributed by atoms with Gasteiger partial charge < -0.3 is 4.90 Å². The standard InChI is InChI=1S/C22H25N5O/c1-16(2)21-24-12-14-27(21)20-7-3-6-19(25-20)18-5-4-13-26(15-18)22(28)17-8-10-23-11-9-17/h3,6-12,14,16,18H,4-5,13,15H2,1-2H3/t18-/m1/s1. The SMILES string of the molecule is CC(C)c1nccn1-c1cccc([C@@H]2CCCN(C(=O)c3ccncc3)C2)n1. The first kappa shape index (κ1) is 18.3. The van der Waals surface area contributed by atoms with Crippen molar-refractivity contribution in [1.82, 2.24) is 24.4 Å². The normalized spacial score (nSPS) is 17.1. The lowest BCUT2D eigenvalue weighted by atomic mass is 9.94. The van der Waals surface area contributed by atoms with Crippen molar-refractivity contribution in [3.63, 3.8) is 0 Å². The Morgan fingerprint density at radius 1 is 1.14 bits per heavy atom. The fourth-order valence-electron chi connectivity index (χ4n) is 3.82. The molecule has 1 amide bonds. The molecule has 1 fully saturated rings. The first-order valence-corrected chi connectivity index (χ1v) is 9.83. The molecule has 0 bridgehead atoms. The highest BCUT2D eigenvalue weighted by Gasteiger charge is 2.26. The van der Waals surface area contributed by atoms with E-state index in [4.69, 9.17) is 4.98 Å². The Balaban J connectivity index is 1.56. The number of hydrogen-bond acceptors (Lipinski definition) is 4. The summed E-state index contributed by atoms with van der Waals surface area (Å²) in [6, 6.07) is 9.68.